The molecule has 5 heteroatoms. The Kier molecular flexibility index (Phi) is 15.4. The van der Waals surface area contributed by atoms with Gasteiger partial charge in [0.2, 0.25) is 6.29 Å². The summed E-state index contributed by atoms with van der Waals surface area (Å²) in [5.74, 6) is -0.153. The van der Waals surface area contributed by atoms with Gasteiger partial charge in [-0.15, -0.1) is 0 Å². The van der Waals surface area contributed by atoms with Crippen molar-refractivity contribution in [2.24, 2.45) is 0 Å². The Morgan fingerprint density at radius 3 is 2.70 bits per heavy atom. The molecule has 1 saturated heterocycles. The number of nitrogens with one attached hydrogen (secondary N) is 1. The van der Waals surface area contributed by atoms with Crippen LogP contribution in [-0.2, 0) is 14.3 Å². The highest BCUT2D eigenvalue weighted by Crippen LogP contribution is 2.11. The molecular weight excluding hydrogens is 342 g/mol. The zero-order chi connectivity index (χ0) is 19.6. The van der Waals surface area contributed by atoms with E-state index in [-0.39, 0.29) is 12.1 Å². The lowest BCUT2D eigenvalue weighted by Crippen LogP contribution is -2.41. The Labute approximate surface area is 165 Å². The molecule has 0 saturated carbocycles. The molecule has 2 atom stereocenters. The first-order chi connectivity index (χ1) is 13.2. The van der Waals surface area contributed by atoms with Crippen LogP contribution in [0.5, 0.6) is 0 Å². The van der Waals surface area contributed by atoms with Crippen molar-refractivity contribution in [3.05, 3.63) is 12.2 Å². The van der Waals surface area contributed by atoms with Gasteiger partial charge < -0.3 is 19.9 Å². The number of rotatable bonds is 16. The van der Waals surface area contributed by atoms with Crippen molar-refractivity contribution < 1.29 is 19.4 Å². The summed E-state index contributed by atoms with van der Waals surface area (Å²) in [5, 5.41) is 13.0. The number of ether oxygens (including phenoxy) is 2. The predicted molar refractivity (Wildman–Crippen MR) is 110 cm³/mol. The van der Waals surface area contributed by atoms with E-state index in [1.54, 1.807) is 0 Å². The lowest BCUT2D eigenvalue weighted by Gasteiger charge is -2.23. The number of hydrogen-bond acceptors (Lipinski definition) is 5. The van der Waals surface area contributed by atoms with E-state index in [2.05, 4.69) is 24.4 Å². The van der Waals surface area contributed by atoms with E-state index >= 15 is 0 Å². The monoisotopic (exact) mass is 383 g/mol. The minimum atomic E-state index is -0.409. The van der Waals surface area contributed by atoms with Gasteiger partial charge in [-0.2, -0.15) is 0 Å². The number of aliphatic hydroxyl groups is 1. The molecule has 2 unspecified atom stereocenters. The molecule has 5 nitrogen and oxygen atoms in total. The molecule has 0 bridgehead atoms. The minimum Gasteiger partial charge on any atom is -0.434 e. The molecule has 0 aliphatic carbocycles. The average molecular weight is 384 g/mol. The molecule has 0 radical (unpaired) electrons. The summed E-state index contributed by atoms with van der Waals surface area (Å²) in [6, 6.07) is 0. The van der Waals surface area contributed by atoms with Gasteiger partial charge in [-0.05, 0) is 32.1 Å². The summed E-state index contributed by atoms with van der Waals surface area (Å²) in [5.41, 5.74) is 0. The third-order valence-corrected chi connectivity index (χ3v) is 4.87. The maximum atomic E-state index is 11.7. The molecule has 27 heavy (non-hydrogen) atoms. The van der Waals surface area contributed by atoms with Gasteiger partial charge in [0.05, 0.1) is 19.3 Å². The first kappa shape index (κ1) is 24.1. The summed E-state index contributed by atoms with van der Waals surface area (Å²) < 4.78 is 10.6. The fourth-order valence-corrected chi connectivity index (χ4v) is 3.18. The van der Waals surface area contributed by atoms with Gasteiger partial charge in [0.1, 0.15) is 0 Å². The van der Waals surface area contributed by atoms with E-state index in [1.807, 2.05) is 0 Å². The minimum absolute atomic E-state index is 0.153. The van der Waals surface area contributed by atoms with Crippen molar-refractivity contribution in [2.75, 3.05) is 19.7 Å². The number of allylic oxidation sites excluding steroid dienone is 1. The molecule has 0 amide bonds. The number of morpholine rings is 1. The van der Waals surface area contributed by atoms with Crippen LogP contribution >= 0.6 is 0 Å². The summed E-state index contributed by atoms with van der Waals surface area (Å²) in [7, 11) is 0. The van der Waals surface area contributed by atoms with Crippen LogP contribution in [0.1, 0.15) is 90.4 Å². The van der Waals surface area contributed by atoms with Gasteiger partial charge in [-0.3, -0.25) is 4.79 Å². The Morgan fingerprint density at radius 1 is 1.15 bits per heavy atom. The van der Waals surface area contributed by atoms with Crippen molar-refractivity contribution in [1.29, 1.82) is 0 Å². The summed E-state index contributed by atoms with van der Waals surface area (Å²) in [6.45, 7) is 4.22. The van der Waals surface area contributed by atoms with Crippen LogP contribution in [-0.4, -0.2) is 43.2 Å². The fraction of sp³-hybridized carbons (Fsp3) is 0.864. The standard InChI is InChI=1S/C22H41NO4/c1-2-3-4-11-14-20(24)15-12-9-7-5-6-8-10-13-16-21(25)27-22-19-23-17-18-26-22/h9,12,20,22-24H,2-8,10-11,13-19H2,1H3/b12-9-. The second kappa shape index (κ2) is 17.2. The van der Waals surface area contributed by atoms with E-state index in [4.69, 9.17) is 9.47 Å². The first-order valence-corrected chi connectivity index (χ1v) is 11.1. The summed E-state index contributed by atoms with van der Waals surface area (Å²) in [6.07, 6.45) is 17.4. The molecule has 0 spiro atoms. The normalized spacial score (nSPS) is 18.7. The molecule has 1 aliphatic rings. The zero-order valence-electron chi connectivity index (χ0n) is 17.3. The number of carbonyl (C=O) groups is 1. The highest BCUT2D eigenvalue weighted by atomic mass is 16.7. The second-order valence-corrected chi connectivity index (χ2v) is 7.51. The lowest BCUT2D eigenvalue weighted by atomic mass is 10.1. The molecule has 1 fully saturated rings. The van der Waals surface area contributed by atoms with Gasteiger partial charge in [0.25, 0.3) is 0 Å². The van der Waals surface area contributed by atoms with E-state index in [1.165, 1.54) is 32.1 Å². The van der Waals surface area contributed by atoms with Crippen molar-refractivity contribution in [3.8, 4) is 0 Å². The molecule has 0 aromatic heterocycles. The molecule has 2 N–H and O–H groups in total. The van der Waals surface area contributed by atoms with E-state index in [9.17, 15) is 9.90 Å². The van der Waals surface area contributed by atoms with Gasteiger partial charge in [0, 0.05) is 13.0 Å². The predicted octanol–water partition coefficient (Wildman–Crippen LogP) is 4.48. The Morgan fingerprint density at radius 2 is 1.93 bits per heavy atom. The largest absolute Gasteiger partial charge is 0.434 e. The van der Waals surface area contributed by atoms with Crippen LogP contribution in [0, 0.1) is 0 Å². The first-order valence-electron chi connectivity index (χ1n) is 11.1. The van der Waals surface area contributed by atoms with Gasteiger partial charge in [0.15, 0.2) is 0 Å². The van der Waals surface area contributed by atoms with Crippen molar-refractivity contribution in [3.63, 3.8) is 0 Å². The fourth-order valence-electron chi connectivity index (χ4n) is 3.18. The van der Waals surface area contributed by atoms with Crippen LogP contribution in [0.4, 0.5) is 0 Å². The average Bonchev–Trinajstić information content (AvgIpc) is 2.67. The molecule has 1 heterocycles. The molecule has 0 aromatic carbocycles. The Balaban J connectivity index is 1.84. The quantitative estimate of drug-likeness (QED) is 0.234. The zero-order valence-corrected chi connectivity index (χ0v) is 17.3. The number of esters is 1. The third-order valence-electron chi connectivity index (χ3n) is 4.87. The van der Waals surface area contributed by atoms with Crippen LogP contribution < -0.4 is 5.32 Å². The molecular formula is C22H41NO4. The highest BCUT2D eigenvalue weighted by Gasteiger charge is 2.17. The van der Waals surface area contributed by atoms with Gasteiger partial charge in [-0.25, -0.2) is 0 Å². The van der Waals surface area contributed by atoms with Gasteiger partial charge >= 0.3 is 5.97 Å². The topological polar surface area (TPSA) is 67.8 Å². The van der Waals surface area contributed by atoms with Crippen LogP contribution in [0.2, 0.25) is 0 Å². The Bertz CT molecular complexity index is 381. The van der Waals surface area contributed by atoms with E-state index in [0.29, 0.717) is 19.6 Å². The lowest BCUT2D eigenvalue weighted by molar-refractivity contribution is -0.182. The van der Waals surface area contributed by atoms with Crippen molar-refractivity contribution >= 4 is 5.97 Å². The smallest absolute Gasteiger partial charge is 0.308 e. The maximum absolute atomic E-state index is 11.7. The molecule has 1 rings (SSSR count). The van der Waals surface area contributed by atoms with Gasteiger partial charge in [-0.1, -0.05) is 64.0 Å². The summed E-state index contributed by atoms with van der Waals surface area (Å²) in [4.78, 5) is 11.7. The molecule has 0 aromatic rings. The summed E-state index contributed by atoms with van der Waals surface area (Å²) >= 11 is 0. The Hall–Kier alpha value is -0.910. The molecule has 158 valence electrons. The van der Waals surface area contributed by atoms with Crippen molar-refractivity contribution in [2.45, 2.75) is 103 Å². The number of hydrogen-bond donors (Lipinski definition) is 2. The van der Waals surface area contributed by atoms with E-state index in [0.717, 1.165) is 51.5 Å². The van der Waals surface area contributed by atoms with Crippen molar-refractivity contribution in [1.82, 2.24) is 5.32 Å². The maximum Gasteiger partial charge on any atom is 0.308 e. The van der Waals surface area contributed by atoms with E-state index < -0.39 is 6.29 Å². The number of aliphatic hydroxyl groups excluding tert-OH is 1. The van der Waals surface area contributed by atoms with Crippen LogP contribution in [0.25, 0.3) is 0 Å². The SMILES string of the molecule is CCCCCCC(O)C/C=C\CCCCCCCC(=O)OC1CNCCO1. The van der Waals surface area contributed by atoms with Crippen LogP contribution in [0.3, 0.4) is 0 Å². The number of unbranched alkanes of at least 4 members (excludes halogenated alkanes) is 8. The third kappa shape index (κ3) is 14.8. The highest BCUT2D eigenvalue weighted by molar-refractivity contribution is 5.69. The van der Waals surface area contributed by atoms with Crippen LogP contribution in [0.15, 0.2) is 12.2 Å². The second-order valence-electron chi connectivity index (χ2n) is 7.51. The molecule has 1 aliphatic heterocycles. The number of carbonyl (C=O) groups excluding carboxylic acids is 1.